The third-order valence-electron chi connectivity index (χ3n) is 12.3. The van der Waals surface area contributed by atoms with E-state index < -0.39 is 34.3 Å². The second kappa shape index (κ2) is 19.6. The van der Waals surface area contributed by atoms with Gasteiger partial charge < -0.3 is 31.6 Å². The molecule has 4 aliphatic rings. The van der Waals surface area contributed by atoms with E-state index in [9.17, 15) is 27.2 Å². The van der Waals surface area contributed by atoms with Crippen molar-refractivity contribution in [3.63, 3.8) is 0 Å². The number of carbonyl (C=O) groups is 2. The van der Waals surface area contributed by atoms with E-state index in [0.29, 0.717) is 75.1 Å². The summed E-state index contributed by atoms with van der Waals surface area (Å²) in [7, 11) is 0. The minimum absolute atomic E-state index is 0.0368. The summed E-state index contributed by atoms with van der Waals surface area (Å²) < 4.78 is 65.4. The number of benzene rings is 2. The Morgan fingerprint density at radius 1 is 0.611 bits per heavy atom. The summed E-state index contributed by atoms with van der Waals surface area (Å²) in [5.41, 5.74) is 10.8. The summed E-state index contributed by atoms with van der Waals surface area (Å²) in [4.78, 5) is 23.8. The molecule has 0 atom stereocenters. The minimum atomic E-state index is -0.653. The van der Waals surface area contributed by atoms with E-state index in [1.54, 1.807) is 0 Å². The molecule has 0 bridgehead atoms. The average Bonchev–Trinajstić information content (AvgIpc) is 3.13. The molecular formula is C40H54Cl2F4N4O4. The van der Waals surface area contributed by atoms with Crippen molar-refractivity contribution in [1.82, 2.24) is 10.6 Å². The first-order valence-electron chi connectivity index (χ1n) is 19.4. The number of nitrogens with two attached hydrogens (primary N) is 2. The van der Waals surface area contributed by atoms with Crippen LogP contribution in [0.15, 0.2) is 24.3 Å². The van der Waals surface area contributed by atoms with Gasteiger partial charge in [-0.1, -0.05) is 23.2 Å². The summed E-state index contributed by atoms with van der Waals surface area (Å²) in [6, 6.07) is 4.20. The predicted molar refractivity (Wildman–Crippen MR) is 201 cm³/mol. The molecule has 2 heterocycles. The van der Waals surface area contributed by atoms with Crippen molar-refractivity contribution in [3.05, 3.63) is 68.7 Å². The number of hydrogen-bond donors (Lipinski definition) is 4. The number of amides is 2. The van der Waals surface area contributed by atoms with Crippen LogP contribution in [0.3, 0.4) is 0 Å². The van der Waals surface area contributed by atoms with Crippen molar-refractivity contribution >= 4 is 35.0 Å². The van der Waals surface area contributed by atoms with Crippen molar-refractivity contribution < 1.29 is 36.6 Å². The van der Waals surface area contributed by atoms with Crippen LogP contribution in [0.5, 0.6) is 0 Å². The van der Waals surface area contributed by atoms with E-state index in [0.717, 1.165) is 89.4 Å². The summed E-state index contributed by atoms with van der Waals surface area (Å²) in [6.07, 6.45) is 11.5. The largest absolute Gasteiger partial charge is 0.381 e. The summed E-state index contributed by atoms with van der Waals surface area (Å²) in [5, 5.41) is 7.11. The number of rotatable bonds is 12. The monoisotopic (exact) mass is 800 g/mol. The Kier molecular flexibility index (Phi) is 15.5. The van der Waals surface area contributed by atoms with Crippen LogP contribution in [0.2, 0.25) is 10.0 Å². The fourth-order valence-corrected chi connectivity index (χ4v) is 9.56. The highest BCUT2D eigenvalue weighted by atomic mass is 35.5. The number of nitrogens with one attached hydrogen (secondary N) is 2. The lowest BCUT2D eigenvalue weighted by atomic mass is 9.77. The van der Waals surface area contributed by atoms with E-state index in [1.807, 2.05) is 0 Å². The lowest BCUT2D eigenvalue weighted by Crippen LogP contribution is -2.58. The van der Waals surface area contributed by atoms with Crippen LogP contribution in [-0.2, 0) is 19.1 Å². The van der Waals surface area contributed by atoms with Gasteiger partial charge in [0.25, 0.3) is 0 Å². The van der Waals surface area contributed by atoms with Crippen molar-refractivity contribution in [2.24, 2.45) is 23.3 Å². The van der Waals surface area contributed by atoms with Gasteiger partial charge in [-0.15, -0.1) is 0 Å². The molecule has 2 saturated carbocycles. The molecule has 0 radical (unpaired) electrons. The fourth-order valence-electron chi connectivity index (χ4n) is 8.86. The SMILES string of the molecule is NC(=O)C1(NCCC2CCC(c3c(F)cc(F)cc3Cl)CC2)CCOCC1.NC(=O)C1(NCCC2CCC(c3c(F)cc(F)cc3Cl)CC2)CCOCC1. The van der Waals surface area contributed by atoms with Gasteiger partial charge in [-0.3, -0.25) is 9.59 Å². The molecule has 6 N–H and O–H groups in total. The molecular weight excluding hydrogens is 747 g/mol. The van der Waals surface area contributed by atoms with E-state index in [2.05, 4.69) is 10.6 Å². The van der Waals surface area contributed by atoms with E-state index in [-0.39, 0.29) is 33.7 Å². The molecule has 2 aliphatic heterocycles. The van der Waals surface area contributed by atoms with Gasteiger partial charge in [-0.25, -0.2) is 17.6 Å². The topological polar surface area (TPSA) is 129 Å². The standard InChI is InChI=1S/2C20H27ClF2N2O2/c2*21-16-11-15(22)12-17(23)18(16)14-3-1-13(2-4-14)5-8-25-20(19(24)26)6-9-27-10-7-20/h2*11-14,25H,1-10H2,(H2,24,26). The molecule has 2 aromatic carbocycles. The lowest BCUT2D eigenvalue weighted by molar-refractivity contribution is -0.129. The lowest BCUT2D eigenvalue weighted by Gasteiger charge is -2.36. The maximum absolute atomic E-state index is 14.1. The highest BCUT2D eigenvalue weighted by Crippen LogP contribution is 2.42. The normalized spacial score (nSPS) is 25.3. The van der Waals surface area contributed by atoms with Crippen LogP contribution in [0.4, 0.5) is 17.6 Å². The molecule has 2 amide bonds. The smallest absolute Gasteiger partial charge is 0.237 e. The first kappa shape index (κ1) is 42.7. The van der Waals surface area contributed by atoms with Gasteiger partial charge in [0.05, 0.1) is 0 Å². The van der Waals surface area contributed by atoms with Gasteiger partial charge in [-0.05, 0) is 139 Å². The van der Waals surface area contributed by atoms with Crippen molar-refractivity contribution in [2.75, 3.05) is 39.5 Å². The molecule has 4 fully saturated rings. The Morgan fingerprint density at radius 2 is 0.944 bits per heavy atom. The number of primary amides is 2. The molecule has 8 nitrogen and oxygen atoms in total. The quantitative estimate of drug-likeness (QED) is 0.162. The van der Waals surface area contributed by atoms with E-state index in [1.165, 1.54) is 12.1 Å². The molecule has 6 rings (SSSR count). The van der Waals surface area contributed by atoms with Crippen LogP contribution < -0.4 is 22.1 Å². The van der Waals surface area contributed by atoms with Crippen molar-refractivity contribution in [1.29, 1.82) is 0 Å². The number of carbonyl (C=O) groups excluding carboxylic acids is 2. The molecule has 0 aromatic heterocycles. The second-order valence-corrected chi connectivity index (χ2v) is 16.4. The zero-order chi connectivity index (χ0) is 38.9. The molecule has 14 heteroatoms. The first-order valence-corrected chi connectivity index (χ1v) is 20.1. The predicted octanol–water partition coefficient (Wildman–Crippen LogP) is 7.81. The molecule has 0 unspecified atom stereocenters. The minimum Gasteiger partial charge on any atom is -0.381 e. The first-order chi connectivity index (χ1) is 25.8. The van der Waals surface area contributed by atoms with Crippen LogP contribution >= 0.6 is 23.2 Å². The Balaban J connectivity index is 0.000000208. The van der Waals surface area contributed by atoms with Gasteiger partial charge in [0.2, 0.25) is 11.8 Å². The Hall–Kier alpha value is -2.48. The van der Waals surface area contributed by atoms with Gasteiger partial charge in [0.1, 0.15) is 34.3 Å². The zero-order valence-electron chi connectivity index (χ0n) is 30.8. The number of hydrogen-bond acceptors (Lipinski definition) is 6. The third kappa shape index (κ3) is 10.9. The van der Waals surface area contributed by atoms with Crippen LogP contribution in [0, 0.1) is 35.1 Å². The summed E-state index contributed by atoms with van der Waals surface area (Å²) in [6.45, 7) is 3.64. The average molecular weight is 802 g/mol. The Bertz CT molecular complexity index is 1410. The molecule has 2 aliphatic carbocycles. The van der Waals surface area contributed by atoms with Crippen LogP contribution in [-0.4, -0.2) is 62.4 Å². The molecule has 2 aromatic rings. The van der Waals surface area contributed by atoms with Gasteiger partial charge in [0.15, 0.2) is 0 Å². The Morgan fingerprint density at radius 3 is 1.24 bits per heavy atom. The van der Waals surface area contributed by atoms with Gasteiger partial charge in [0, 0.05) is 59.7 Å². The van der Waals surface area contributed by atoms with E-state index >= 15 is 0 Å². The number of ether oxygens (including phenoxy) is 2. The van der Waals surface area contributed by atoms with Gasteiger partial charge >= 0.3 is 0 Å². The van der Waals surface area contributed by atoms with Gasteiger partial charge in [-0.2, -0.15) is 0 Å². The maximum Gasteiger partial charge on any atom is 0.237 e. The second-order valence-electron chi connectivity index (χ2n) is 15.5. The fraction of sp³-hybridized carbons (Fsp3) is 0.650. The molecule has 2 saturated heterocycles. The third-order valence-corrected chi connectivity index (χ3v) is 12.9. The maximum atomic E-state index is 14.1. The summed E-state index contributed by atoms with van der Waals surface area (Å²) in [5.74, 6) is -1.89. The summed E-state index contributed by atoms with van der Waals surface area (Å²) >= 11 is 12.2. The molecule has 54 heavy (non-hydrogen) atoms. The Labute approximate surface area is 325 Å². The highest BCUT2D eigenvalue weighted by molar-refractivity contribution is 6.31. The highest BCUT2D eigenvalue weighted by Gasteiger charge is 2.39. The molecule has 0 spiro atoms. The van der Waals surface area contributed by atoms with Crippen LogP contribution in [0.1, 0.15) is 113 Å². The number of halogens is 6. The van der Waals surface area contributed by atoms with E-state index in [4.69, 9.17) is 44.1 Å². The van der Waals surface area contributed by atoms with Crippen LogP contribution in [0.25, 0.3) is 0 Å². The zero-order valence-corrected chi connectivity index (χ0v) is 32.3. The van der Waals surface area contributed by atoms with Crippen molar-refractivity contribution in [3.8, 4) is 0 Å². The molecule has 300 valence electrons. The van der Waals surface area contributed by atoms with Crippen molar-refractivity contribution in [2.45, 2.75) is 113 Å².